The summed E-state index contributed by atoms with van der Waals surface area (Å²) in [4.78, 5) is 5.65. The Bertz CT molecular complexity index is 464. The first-order valence-corrected chi connectivity index (χ1v) is 5.99. The maximum atomic E-state index is 12.7. The summed E-state index contributed by atoms with van der Waals surface area (Å²) in [6.07, 6.45) is -3.46. The van der Waals surface area contributed by atoms with Crippen LogP contribution in [0, 0.1) is 0 Å². The molecule has 4 nitrogen and oxygen atoms in total. The fourth-order valence-corrected chi connectivity index (χ4v) is 2.08. The van der Waals surface area contributed by atoms with Crippen molar-refractivity contribution in [3.8, 4) is 0 Å². The number of nitrogens with two attached hydrogens (primary N) is 1. The third-order valence-electron chi connectivity index (χ3n) is 3.32. The maximum absolute atomic E-state index is 12.7. The number of hydrogen-bond acceptors (Lipinski definition) is 4. The van der Waals surface area contributed by atoms with Gasteiger partial charge in [-0.1, -0.05) is 0 Å². The van der Waals surface area contributed by atoms with Crippen LogP contribution in [-0.4, -0.2) is 28.8 Å². The molecule has 0 unspecified atom stereocenters. The van der Waals surface area contributed by atoms with E-state index in [-0.39, 0.29) is 11.6 Å². The predicted molar refractivity (Wildman–Crippen MR) is 65.7 cm³/mol. The van der Waals surface area contributed by atoms with Crippen LogP contribution in [-0.2, 0) is 6.18 Å². The Kier molecular flexibility index (Phi) is 3.34. The van der Waals surface area contributed by atoms with Gasteiger partial charge in [-0.25, -0.2) is 4.98 Å². The van der Waals surface area contributed by atoms with Gasteiger partial charge in [0.2, 0.25) is 0 Å². The van der Waals surface area contributed by atoms with Gasteiger partial charge in [0.05, 0.1) is 11.2 Å². The quantitative estimate of drug-likeness (QED) is 0.823. The molecule has 2 rings (SSSR count). The molecule has 0 bridgehead atoms. The number of anilines is 2. The molecule has 0 aromatic carbocycles. The molecule has 1 aliphatic heterocycles. The number of halogens is 3. The Balaban J connectivity index is 2.24. The highest BCUT2D eigenvalue weighted by Crippen LogP contribution is 2.33. The van der Waals surface area contributed by atoms with Gasteiger partial charge in [0, 0.05) is 13.1 Å². The minimum absolute atomic E-state index is 0.151. The molecule has 19 heavy (non-hydrogen) atoms. The molecule has 2 heterocycles. The topological polar surface area (TPSA) is 62.4 Å². The molecule has 3 N–H and O–H groups in total. The van der Waals surface area contributed by atoms with Crippen LogP contribution in [0.1, 0.15) is 25.3 Å². The van der Waals surface area contributed by atoms with Crippen molar-refractivity contribution < 1.29 is 18.3 Å². The average molecular weight is 275 g/mol. The molecule has 0 radical (unpaired) electrons. The molecular weight excluding hydrogens is 259 g/mol. The van der Waals surface area contributed by atoms with E-state index >= 15 is 0 Å². The van der Waals surface area contributed by atoms with E-state index < -0.39 is 17.3 Å². The highest BCUT2D eigenvalue weighted by molar-refractivity contribution is 5.49. The summed E-state index contributed by atoms with van der Waals surface area (Å²) in [6.45, 7) is 2.64. The standard InChI is InChI=1S/C12H16F3N3O/c1-11(19)2-4-18(5-3-11)10-7-8(12(13,14)15)6-9(16)17-10/h6-7,19H,2-5H2,1H3,(H2,16,17). The van der Waals surface area contributed by atoms with Crippen molar-refractivity contribution in [2.45, 2.75) is 31.5 Å². The van der Waals surface area contributed by atoms with Crippen molar-refractivity contribution in [1.82, 2.24) is 4.98 Å². The molecule has 1 saturated heterocycles. The number of nitrogens with zero attached hydrogens (tertiary/aromatic N) is 2. The van der Waals surface area contributed by atoms with Crippen molar-refractivity contribution in [3.05, 3.63) is 17.7 Å². The molecule has 0 amide bonds. The smallest absolute Gasteiger partial charge is 0.390 e. The highest BCUT2D eigenvalue weighted by atomic mass is 19.4. The normalized spacial score (nSPS) is 19.5. The number of rotatable bonds is 1. The first-order chi connectivity index (χ1) is 8.67. The lowest BCUT2D eigenvalue weighted by atomic mass is 9.94. The second-order valence-electron chi connectivity index (χ2n) is 5.12. The average Bonchev–Trinajstić information content (AvgIpc) is 2.26. The molecule has 0 atom stereocenters. The van der Waals surface area contributed by atoms with Crippen LogP contribution in [0.5, 0.6) is 0 Å². The van der Waals surface area contributed by atoms with E-state index in [9.17, 15) is 18.3 Å². The number of alkyl halides is 3. The third-order valence-corrected chi connectivity index (χ3v) is 3.32. The number of aromatic nitrogens is 1. The maximum Gasteiger partial charge on any atom is 0.416 e. The lowest BCUT2D eigenvalue weighted by Gasteiger charge is -2.36. The molecule has 106 valence electrons. The third kappa shape index (κ3) is 3.28. The van der Waals surface area contributed by atoms with E-state index in [0.29, 0.717) is 25.9 Å². The predicted octanol–water partition coefficient (Wildman–Crippen LogP) is 2.03. The first kappa shape index (κ1) is 13.9. The van der Waals surface area contributed by atoms with Crippen molar-refractivity contribution in [3.63, 3.8) is 0 Å². The Morgan fingerprint density at radius 3 is 2.42 bits per heavy atom. The van der Waals surface area contributed by atoms with E-state index in [4.69, 9.17) is 5.73 Å². The highest BCUT2D eigenvalue weighted by Gasteiger charge is 2.33. The van der Waals surface area contributed by atoms with Gasteiger partial charge in [-0.2, -0.15) is 13.2 Å². The minimum Gasteiger partial charge on any atom is -0.390 e. The van der Waals surface area contributed by atoms with E-state index in [0.717, 1.165) is 12.1 Å². The summed E-state index contributed by atoms with van der Waals surface area (Å²) in [5, 5.41) is 9.83. The van der Waals surface area contributed by atoms with Gasteiger partial charge in [-0.3, -0.25) is 0 Å². The number of piperidine rings is 1. The lowest BCUT2D eigenvalue weighted by molar-refractivity contribution is -0.137. The summed E-state index contributed by atoms with van der Waals surface area (Å²) < 4.78 is 38.1. The lowest BCUT2D eigenvalue weighted by Crippen LogP contribution is -2.42. The second-order valence-corrected chi connectivity index (χ2v) is 5.12. The van der Waals surface area contributed by atoms with E-state index in [2.05, 4.69) is 4.98 Å². The molecule has 1 aliphatic rings. The Morgan fingerprint density at radius 1 is 1.32 bits per heavy atom. The zero-order valence-electron chi connectivity index (χ0n) is 10.5. The van der Waals surface area contributed by atoms with Crippen molar-refractivity contribution >= 4 is 11.6 Å². The van der Waals surface area contributed by atoms with Crippen LogP contribution in [0.25, 0.3) is 0 Å². The molecule has 1 aromatic rings. The minimum atomic E-state index is -4.44. The zero-order valence-corrected chi connectivity index (χ0v) is 10.5. The van der Waals surface area contributed by atoms with Crippen LogP contribution < -0.4 is 10.6 Å². The number of pyridine rings is 1. The van der Waals surface area contributed by atoms with Crippen LogP contribution >= 0.6 is 0 Å². The Labute approximate surface area is 109 Å². The molecule has 0 aliphatic carbocycles. The monoisotopic (exact) mass is 275 g/mol. The first-order valence-electron chi connectivity index (χ1n) is 5.99. The Morgan fingerprint density at radius 2 is 1.89 bits per heavy atom. The van der Waals surface area contributed by atoms with E-state index in [1.54, 1.807) is 11.8 Å². The van der Waals surface area contributed by atoms with Gasteiger partial charge >= 0.3 is 6.18 Å². The Hall–Kier alpha value is -1.50. The SMILES string of the molecule is CC1(O)CCN(c2cc(C(F)(F)F)cc(N)n2)CC1. The molecule has 1 aromatic heterocycles. The van der Waals surface area contributed by atoms with Crippen LogP contribution in [0.4, 0.5) is 24.8 Å². The summed E-state index contributed by atoms with van der Waals surface area (Å²) in [7, 11) is 0. The molecule has 0 saturated carbocycles. The van der Waals surface area contributed by atoms with Gasteiger partial charge in [0.25, 0.3) is 0 Å². The van der Waals surface area contributed by atoms with Gasteiger partial charge < -0.3 is 15.7 Å². The van der Waals surface area contributed by atoms with Crippen molar-refractivity contribution in [2.24, 2.45) is 0 Å². The van der Waals surface area contributed by atoms with Crippen molar-refractivity contribution in [1.29, 1.82) is 0 Å². The van der Waals surface area contributed by atoms with Crippen LogP contribution in [0.3, 0.4) is 0 Å². The molecular formula is C12H16F3N3O. The summed E-state index contributed by atoms with van der Waals surface area (Å²) in [6, 6.07) is 1.82. The largest absolute Gasteiger partial charge is 0.416 e. The second kappa shape index (κ2) is 4.56. The van der Waals surface area contributed by atoms with Gasteiger partial charge in [-0.05, 0) is 31.9 Å². The molecule has 7 heteroatoms. The van der Waals surface area contributed by atoms with Crippen LogP contribution in [0.2, 0.25) is 0 Å². The van der Waals surface area contributed by atoms with E-state index in [1.807, 2.05) is 0 Å². The fraction of sp³-hybridized carbons (Fsp3) is 0.583. The summed E-state index contributed by atoms with van der Waals surface area (Å²) in [5.41, 5.74) is 3.87. The van der Waals surface area contributed by atoms with E-state index in [1.165, 1.54) is 0 Å². The number of nitrogen functional groups attached to an aromatic ring is 1. The summed E-state index contributed by atoms with van der Waals surface area (Å²) in [5.74, 6) is 0.0602. The number of aliphatic hydroxyl groups is 1. The van der Waals surface area contributed by atoms with Gasteiger partial charge in [-0.15, -0.1) is 0 Å². The fourth-order valence-electron chi connectivity index (χ4n) is 2.08. The zero-order chi connectivity index (χ0) is 14.3. The number of hydrogen-bond donors (Lipinski definition) is 2. The summed E-state index contributed by atoms with van der Waals surface area (Å²) >= 11 is 0. The van der Waals surface area contributed by atoms with Crippen LogP contribution in [0.15, 0.2) is 12.1 Å². The van der Waals surface area contributed by atoms with Crippen molar-refractivity contribution in [2.75, 3.05) is 23.7 Å². The van der Waals surface area contributed by atoms with Gasteiger partial charge in [0.1, 0.15) is 11.6 Å². The molecule has 1 fully saturated rings. The molecule has 0 spiro atoms. The van der Waals surface area contributed by atoms with Gasteiger partial charge in [0.15, 0.2) is 0 Å².